The maximum Gasteiger partial charge on any atom is 0.335 e. The first kappa shape index (κ1) is 18.8. The molecular weight excluding hydrogens is 336 g/mol. The molecule has 0 aliphatic rings. The molecule has 0 aliphatic carbocycles. The number of carboxylic acids is 1. The Balaban J connectivity index is 2.68. The maximum absolute atomic E-state index is 12.4. The molecule has 0 spiro atoms. The Morgan fingerprint density at radius 1 is 1.00 bits per heavy atom. The second kappa shape index (κ2) is 9.08. The molecule has 0 aromatic heterocycles. The van der Waals surface area contributed by atoms with Crippen molar-refractivity contribution in [2.24, 2.45) is 0 Å². The summed E-state index contributed by atoms with van der Waals surface area (Å²) in [5.74, 6) is -1.67. The number of ether oxygens (including phenoxy) is 1. The molecule has 0 radical (unpaired) electrons. The van der Waals surface area contributed by atoms with Crippen LogP contribution in [0.25, 0.3) is 5.57 Å². The van der Waals surface area contributed by atoms with E-state index in [9.17, 15) is 14.7 Å². The third kappa shape index (κ3) is 4.97. The van der Waals surface area contributed by atoms with Crippen LogP contribution in [0.2, 0.25) is 0 Å². The molecule has 0 fully saturated rings. The first-order valence-corrected chi connectivity index (χ1v) is 9.11. The summed E-state index contributed by atoms with van der Waals surface area (Å²) >= 11 is 1.62. The van der Waals surface area contributed by atoms with Gasteiger partial charge in [0.2, 0.25) is 0 Å². The van der Waals surface area contributed by atoms with Crippen molar-refractivity contribution in [3.05, 3.63) is 71.3 Å². The van der Waals surface area contributed by atoms with Crippen LogP contribution >= 0.6 is 11.8 Å². The van der Waals surface area contributed by atoms with Crippen molar-refractivity contribution in [1.29, 1.82) is 0 Å². The zero-order chi connectivity index (χ0) is 18.2. The summed E-state index contributed by atoms with van der Waals surface area (Å²) in [4.78, 5) is 24.9. The summed E-state index contributed by atoms with van der Waals surface area (Å²) in [7, 11) is 0. The van der Waals surface area contributed by atoms with Crippen molar-refractivity contribution in [2.75, 3.05) is 12.9 Å². The Hall–Kier alpha value is -2.53. The molecule has 5 heteroatoms. The number of esters is 1. The zero-order valence-corrected chi connectivity index (χ0v) is 15.0. The average molecular weight is 356 g/mol. The van der Waals surface area contributed by atoms with Crippen LogP contribution in [0.1, 0.15) is 24.5 Å². The normalized spacial score (nSPS) is 11.6. The fraction of sp³-hybridized carbons (Fsp3) is 0.200. The summed E-state index contributed by atoms with van der Waals surface area (Å²) < 4.78 is 5.11. The predicted octanol–water partition coefficient (Wildman–Crippen LogP) is 4.25. The van der Waals surface area contributed by atoms with Crippen LogP contribution in [-0.4, -0.2) is 29.9 Å². The minimum atomic E-state index is -1.07. The lowest BCUT2D eigenvalue weighted by atomic mass is 9.91. The van der Waals surface area contributed by atoms with Crippen LogP contribution in [0, 0.1) is 0 Å². The molecule has 4 nitrogen and oxygen atoms in total. The average Bonchev–Trinajstić information content (AvgIpc) is 2.62. The molecule has 2 rings (SSSR count). The van der Waals surface area contributed by atoms with E-state index in [0.29, 0.717) is 5.57 Å². The van der Waals surface area contributed by atoms with Gasteiger partial charge in [0, 0.05) is 4.90 Å². The van der Waals surface area contributed by atoms with Crippen molar-refractivity contribution < 1.29 is 19.4 Å². The van der Waals surface area contributed by atoms with Crippen LogP contribution in [0.4, 0.5) is 0 Å². The topological polar surface area (TPSA) is 63.6 Å². The highest BCUT2D eigenvalue weighted by Gasteiger charge is 2.22. The lowest BCUT2D eigenvalue weighted by Gasteiger charge is -2.15. The first-order chi connectivity index (χ1) is 12.1. The number of thioether (sulfide) groups is 1. The Labute approximate surface area is 151 Å². The molecule has 0 aliphatic heterocycles. The number of carboxylic acid groups (broad SMARTS) is 1. The summed E-state index contributed by atoms with van der Waals surface area (Å²) in [6, 6.07) is 17.0. The summed E-state index contributed by atoms with van der Waals surface area (Å²) in [5, 5.41) is 9.28. The van der Waals surface area contributed by atoms with E-state index >= 15 is 0 Å². The van der Waals surface area contributed by atoms with Crippen molar-refractivity contribution in [3.8, 4) is 0 Å². The number of rotatable bonds is 7. The Morgan fingerprint density at radius 3 is 2.12 bits per heavy atom. The molecule has 0 atom stereocenters. The summed E-state index contributed by atoms with van der Waals surface area (Å²) in [5.41, 5.74) is 2.31. The highest BCUT2D eigenvalue weighted by Crippen LogP contribution is 2.30. The van der Waals surface area contributed by atoms with Gasteiger partial charge in [-0.15, -0.1) is 11.8 Å². The van der Waals surface area contributed by atoms with Crippen molar-refractivity contribution in [3.63, 3.8) is 0 Å². The molecule has 1 N–H and O–H groups in total. The maximum atomic E-state index is 12.4. The van der Waals surface area contributed by atoms with Gasteiger partial charge < -0.3 is 9.84 Å². The second-order valence-corrected chi connectivity index (χ2v) is 6.12. The molecule has 0 saturated carbocycles. The third-order valence-electron chi connectivity index (χ3n) is 3.59. The number of carbonyl (C=O) groups is 2. The molecule has 0 heterocycles. The van der Waals surface area contributed by atoms with Gasteiger partial charge in [0.15, 0.2) is 0 Å². The summed E-state index contributed by atoms with van der Waals surface area (Å²) in [6.45, 7) is 1.89. The van der Waals surface area contributed by atoms with E-state index in [0.717, 1.165) is 16.0 Å². The van der Waals surface area contributed by atoms with Crippen molar-refractivity contribution >= 4 is 29.3 Å². The molecule has 0 unspecified atom stereocenters. The van der Waals surface area contributed by atoms with Crippen LogP contribution in [0.5, 0.6) is 0 Å². The Kier molecular flexibility index (Phi) is 6.83. The smallest absolute Gasteiger partial charge is 0.335 e. The van der Waals surface area contributed by atoms with Gasteiger partial charge in [0.25, 0.3) is 0 Å². The van der Waals surface area contributed by atoms with Crippen LogP contribution in [0.3, 0.4) is 0 Å². The van der Waals surface area contributed by atoms with E-state index < -0.39 is 18.4 Å². The number of hydrogen-bond donors (Lipinski definition) is 1. The van der Waals surface area contributed by atoms with E-state index in [1.165, 1.54) is 0 Å². The SMILES string of the molecule is CCOC(=O)/C(CC(=O)O)=C(\c1ccccc1)c1ccc(SC)cc1. The van der Waals surface area contributed by atoms with E-state index in [4.69, 9.17) is 4.74 Å². The lowest BCUT2D eigenvalue weighted by molar-refractivity contribution is -0.142. The quantitative estimate of drug-likeness (QED) is 0.456. The van der Waals surface area contributed by atoms with Gasteiger partial charge in [-0.2, -0.15) is 0 Å². The second-order valence-electron chi connectivity index (χ2n) is 5.24. The number of aliphatic carboxylic acids is 1. The Bertz CT molecular complexity index is 764. The molecule has 0 saturated heterocycles. The molecule has 2 aromatic carbocycles. The lowest BCUT2D eigenvalue weighted by Crippen LogP contribution is -2.14. The molecular formula is C20H20O4S. The van der Waals surface area contributed by atoms with E-state index in [2.05, 4.69) is 0 Å². The van der Waals surface area contributed by atoms with Gasteiger partial charge >= 0.3 is 11.9 Å². The minimum absolute atomic E-state index is 0.150. The monoisotopic (exact) mass is 356 g/mol. The van der Waals surface area contributed by atoms with Gasteiger partial charge in [0.05, 0.1) is 18.6 Å². The first-order valence-electron chi connectivity index (χ1n) is 7.88. The van der Waals surface area contributed by atoms with Crippen molar-refractivity contribution in [1.82, 2.24) is 0 Å². The van der Waals surface area contributed by atoms with Gasteiger partial charge in [-0.05, 0) is 42.0 Å². The van der Waals surface area contributed by atoms with Crippen LogP contribution in [0.15, 0.2) is 65.1 Å². The number of benzene rings is 2. The van der Waals surface area contributed by atoms with E-state index in [-0.39, 0.29) is 12.2 Å². The van der Waals surface area contributed by atoms with Crippen LogP contribution < -0.4 is 0 Å². The van der Waals surface area contributed by atoms with Crippen molar-refractivity contribution in [2.45, 2.75) is 18.2 Å². The van der Waals surface area contributed by atoms with Gasteiger partial charge in [0.1, 0.15) is 0 Å². The molecule has 0 bridgehead atoms. The highest BCUT2D eigenvalue weighted by molar-refractivity contribution is 7.98. The third-order valence-corrected chi connectivity index (χ3v) is 4.34. The molecule has 0 amide bonds. The van der Waals surface area contributed by atoms with Gasteiger partial charge in [-0.25, -0.2) is 4.79 Å². The van der Waals surface area contributed by atoms with Crippen LogP contribution in [-0.2, 0) is 14.3 Å². The largest absolute Gasteiger partial charge is 0.481 e. The summed E-state index contributed by atoms with van der Waals surface area (Å²) in [6.07, 6.45) is 1.59. The van der Waals surface area contributed by atoms with E-state index in [1.807, 2.05) is 60.9 Å². The predicted molar refractivity (Wildman–Crippen MR) is 99.6 cm³/mol. The minimum Gasteiger partial charge on any atom is -0.481 e. The van der Waals surface area contributed by atoms with Gasteiger partial charge in [-0.1, -0.05) is 42.5 Å². The molecule has 2 aromatic rings. The highest BCUT2D eigenvalue weighted by atomic mass is 32.2. The van der Waals surface area contributed by atoms with E-state index in [1.54, 1.807) is 18.7 Å². The number of carbonyl (C=O) groups excluding carboxylic acids is 1. The van der Waals surface area contributed by atoms with Gasteiger partial charge in [-0.3, -0.25) is 4.79 Å². The standard InChI is InChI=1S/C20H20O4S/c1-3-24-20(23)17(13-18(21)22)19(14-7-5-4-6-8-14)15-9-11-16(25-2)12-10-15/h4-12H,3,13H2,1-2H3,(H,21,22)/b19-17+. The molecule has 25 heavy (non-hydrogen) atoms. The molecule has 130 valence electrons. The Morgan fingerprint density at radius 2 is 1.60 bits per heavy atom. The fourth-order valence-corrected chi connectivity index (χ4v) is 2.92. The zero-order valence-electron chi connectivity index (χ0n) is 14.2. The number of hydrogen-bond acceptors (Lipinski definition) is 4. The fourth-order valence-electron chi connectivity index (χ4n) is 2.51.